The monoisotopic (exact) mass is 221 g/mol. The number of likely N-dealkylation sites (N-methyl/N-ethyl adjacent to an activating group) is 1. The van der Waals surface area contributed by atoms with Gasteiger partial charge in [0.05, 0.1) is 5.69 Å². The van der Waals surface area contributed by atoms with Crippen LogP contribution in [-0.2, 0) is 4.79 Å². The highest BCUT2D eigenvalue weighted by molar-refractivity contribution is 6.02. The van der Waals surface area contributed by atoms with Crippen molar-refractivity contribution in [2.24, 2.45) is 10.9 Å². The molecule has 1 aromatic carbocycles. The average molecular weight is 221 g/mol. The van der Waals surface area contributed by atoms with E-state index in [1.165, 1.54) is 4.90 Å². The number of hydrogen-bond acceptors (Lipinski definition) is 4. The lowest BCUT2D eigenvalue weighted by Gasteiger charge is -2.26. The Hall–Kier alpha value is -2.24. The van der Waals surface area contributed by atoms with E-state index in [0.717, 1.165) is 0 Å². The molecule has 0 aromatic heterocycles. The molecule has 0 atom stereocenters. The minimum absolute atomic E-state index is 0.00535. The Bertz CT molecular complexity index is 470. The summed E-state index contributed by atoms with van der Waals surface area (Å²) in [6.07, 6.45) is 0. The van der Waals surface area contributed by atoms with E-state index in [1.54, 1.807) is 25.2 Å². The van der Waals surface area contributed by atoms with E-state index in [4.69, 9.17) is 15.7 Å². The molecule has 1 aromatic rings. The third kappa shape index (κ3) is 1.54. The number of oxime groups is 1. The Balaban J connectivity index is 2.48. The lowest BCUT2D eigenvalue weighted by molar-refractivity contribution is -0.120. The molecule has 6 heteroatoms. The number of hydrogen-bond donors (Lipinski definition) is 2. The van der Waals surface area contributed by atoms with Crippen LogP contribution in [0.3, 0.4) is 0 Å². The fourth-order valence-corrected chi connectivity index (χ4v) is 1.49. The fourth-order valence-electron chi connectivity index (χ4n) is 1.49. The maximum absolute atomic E-state index is 11.4. The van der Waals surface area contributed by atoms with Crippen LogP contribution in [0, 0.1) is 0 Å². The second-order valence-electron chi connectivity index (χ2n) is 3.41. The highest BCUT2D eigenvalue weighted by Crippen LogP contribution is 2.31. The van der Waals surface area contributed by atoms with Crippen molar-refractivity contribution < 1.29 is 14.7 Å². The summed E-state index contributed by atoms with van der Waals surface area (Å²) >= 11 is 0. The zero-order valence-corrected chi connectivity index (χ0v) is 8.67. The normalized spacial score (nSPS) is 15.7. The topological polar surface area (TPSA) is 88.2 Å². The number of ether oxygens (including phenoxy) is 1. The van der Waals surface area contributed by atoms with Gasteiger partial charge in [0.15, 0.2) is 12.4 Å². The zero-order chi connectivity index (χ0) is 11.7. The van der Waals surface area contributed by atoms with Crippen molar-refractivity contribution >= 4 is 17.4 Å². The molecule has 1 aliphatic rings. The third-order valence-electron chi connectivity index (χ3n) is 2.45. The van der Waals surface area contributed by atoms with E-state index < -0.39 is 0 Å². The van der Waals surface area contributed by atoms with Crippen LogP contribution in [0.2, 0.25) is 0 Å². The lowest BCUT2D eigenvalue weighted by Crippen LogP contribution is -2.35. The Morgan fingerprint density at radius 2 is 2.38 bits per heavy atom. The van der Waals surface area contributed by atoms with Gasteiger partial charge in [0.25, 0.3) is 5.91 Å². The van der Waals surface area contributed by atoms with Crippen molar-refractivity contribution in [3.8, 4) is 5.75 Å². The predicted octanol–water partition coefficient (Wildman–Crippen LogP) is 0.136. The van der Waals surface area contributed by atoms with Gasteiger partial charge < -0.3 is 20.6 Å². The summed E-state index contributed by atoms with van der Waals surface area (Å²) in [5.74, 6) is 0.468. The van der Waals surface area contributed by atoms with Crippen LogP contribution in [0.4, 0.5) is 5.69 Å². The molecule has 0 fully saturated rings. The number of benzene rings is 1. The van der Waals surface area contributed by atoms with Crippen LogP contribution in [-0.4, -0.2) is 30.6 Å². The van der Waals surface area contributed by atoms with Crippen molar-refractivity contribution in [3.05, 3.63) is 23.8 Å². The molecule has 16 heavy (non-hydrogen) atoms. The molecule has 84 valence electrons. The maximum Gasteiger partial charge on any atom is 0.264 e. The van der Waals surface area contributed by atoms with Gasteiger partial charge in [-0.2, -0.15) is 0 Å². The minimum atomic E-state index is -0.135. The number of anilines is 1. The van der Waals surface area contributed by atoms with E-state index in [-0.39, 0.29) is 18.3 Å². The average Bonchev–Trinajstić information content (AvgIpc) is 2.32. The van der Waals surface area contributed by atoms with Crippen molar-refractivity contribution in [1.82, 2.24) is 0 Å². The van der Waals surface area contributed by atoms with Gasteiger partial charge in [-0.3, -0.25) is 4.79 Å². The van der Waals surface area contributed by atoms with E-state index in [1.807, 2.05) is 0 Å². The van der Waals surface area contributed by atoms with Gasteiger partial charge >= 0.3 is 0 Å². The molecular formula is C10H11N3O3. The molecule has 0 unspecified atom stereocenters. The summed E-state index contributed by atoms with van der Waals surface area (Å²) in [6, 6.07) is 4.99. The summed E-state index contributed by atoms with van der Waals surface area (Å²) in [5, 5.41) is 11.5. The Labute approximate surface area is 91.9 Å². The summed E-state index contributed by atoms with van der Waals surface area (Å²) < 4.78 is 5.24. The number of amidine groups is 1. The molecule has 0 bridgehead atoms. The smallest absolute Gasteiger partial charge is 0.264 e. The van der Waals surface area contributed by atoms with Crippen LogP contribution < -0.4 is 15.4 Å². The standard InChI is InChI=1S/C10H11N3O3/c1-13-7-4-6(10(11)12-15)2-3-8(7)16-5-9(13)14/h2-4,15H,5H2,1H3,(H2,11,12). The van der Waals surface area contributed by atoms with Gasteiger partial charge in [-0.15, -0.1) is 0 Å². The Morgan fingerprint density at radius 3 is 3.06 bits per heavy atom. The molecule has 0 aliphatic carbocycles. The number of nitrogens with two attached hydrogens (primary N) is 1. The molecule has 1 heterocycles. The van der Waals surface area contributed by atoms with Gasteiger partial charge in [-0.05, 0) is 18.2 Å². The highest BCUT2D eigenvalue weighted by Gasteiger charge is 2.22. The van der Waals surface area contributed by atoms with Crippen LogP contribution in [0.5, 0.6) is 5.75 Å². The number of fused-ring (bicyclic) bond motifs is 1. The van der Waals surface area contributed by atoms with Gasteiger partial charge in [-0.25, -0.2) is 0 Å². The largest absolute Gasteiger partial charge is 0.482 e. The number of rotatable bonds is 1. The lowest BCUT2D eigenvalue weighted by atomic mass is 10.1. The van der Waals surface area contributed by atoms with Crippen LogP contribution in [0.1, 0.15) is 5.56 Å². The van der Waals surface area contributed by atoms with Crippen molar-refractivity contribution in [2.75, 3.05) is 18.6 Å². The minimum Gasteiger partial charge on any atom is -0.482 e. The summed E-state index contributed by atoms with van der Waals surface area (Å²) in [5.41, 5.74) is 6.61. The molecule has 0 saturated heterocycles. The number of nitrogens with zero attached hydrogens (tertiary/aromatic N) is 2. The van der Waals surface area contributed by atoms with E-state index in [0.29, 0.717) is 17.0 Å². The third-order valence-corrected chi connectivity index (χ3v) is 2.45. The van der Waals surface area contributed by atoms with Crippen LogP contribution in [0.15, 0.2) is 23.4 Å². The van der Waals surface area contributed by atoms with Crippen LogP contribution in [0.25, 0.3) is 0 Å². The molecule has 2 rings (SSSR count). The van der Waals surface area contributed by atoms with E-state index in [2.05, 4.69) is 5.16 Å². The first kappa shape index (κ1) is 10.3. The van der Waals surface area contributed by atoms with E-state index >= 15 is 0 Å². The first-order valence-corrected chi connectivity index (χ1v) is 4.65. The number of carbonyl (C=O) groups is 1. The Morgan fingerprint density at radius 1 is 1.62 bits per heavy atom. The molecule has 0 saturated carbocycles. The molecule has 3 N–H and O–H groups in total. The molecule has 0 spiro atoms. The summed E-state index contributed by atoms with van der Waals surface area (Å²) in [4.78, 5) is 12.9. The van der Waals surface area contributed by atoms with Crippen molar-refractivity contribution in [1.29, 1.82) is 0 Å². The van der Waals surface area contributed by atoms with Crippen molar-refractivity contribution in [3.63, 3.8) is 0 Å². The number of amides is 1. The first-order valence-electron chi connectivity index (χ1n) is 4.65. The Kier molecular flexibility index (Phi) is 2.40. The van der Waals surface area contributed by atoms with Crippen molar-refractivity contribution in [2.45, 2.75) is 0 Å². The molecule has 6 nitrogen and oxygen atoms in total. The SMILES string of the molecule is CN1C(=O)COc2ccc(/C(N)=N/O)cc21. The molecule has 1 amide bonds. The molecule has 1 aliphatic heterocycles. The summed E-state index contributed by atoms with van der Waals surface area (Å²) in [7, 11) is 1.65. The van der Waals surface area contributed by atoms with Crippen LogP contribution >= 0.6 is 0 Å². The molecular weight excluding hydrogens is 210 g/mol. The van der Waals surface area contributed by atoms with Gasteiger partial charge in [0.2, 0.25) is 0 Å². The second-order valence-corrected chi connectivity index (χ2v) is 3.41. The highest BCUT2D eigenvalue weighted by atomic mass is 16.5. The second kappa shape index (κ2) is 3.73. The quantitative estimate of drug-likeness (QED) is 0.305. The van der Waals surface area contributed by atoms with Gasteiger partial charge in [0, 0.05) is 12.6 Å². The molecule has 0 radical (unpaired) electrons. The van der Waals surface area contributed by atoms with Gasteiger partial charge in [0.1, 0.15) is 5.75 Å². The van der Waals surface area contributed by atoms with E-state index in [9.17, 15) is 4.79 Å². The van der Waals surface area contributed by atoms with Gasteiger partial charge in [-0.1, -0.05) is 5.16 Å². The fraction of sp³-hybridized carbons (Fsp3) is 0.200. The number of carbonyl (C=O) groups excluding carboxylic acids is 1. The predicted molar refractivity (Wildman–Crippen MR) is 57.9 cm³/mol. The maximum atomic E-state index is 11.4. The first-order chi connectivity index (χ1) is 7.63. The summed E-state index contributed by atoms with van der Waals surface area (Å²) in [6.45, 7) is 0.0341. The zero-order valence-electron chi connectivity index (χ0n) is 8.67.